The molecule has 1 aromatic carbocycles. The van der Waals surface area contributed by atoms with E-state index in [9.17, 15) is 18.0 Å². The molecule has 1 heterocycles. The van der Waals surface area contributed by atoms with Crippen molar-refractivity contribution in [1.29, 1.82) is 0 Å². The molecule has 9 nitrogen and oxygen atoms in total. The first-order valence-electron chi connectivity index (χ1n) is 9.37. The summed E-state index contributed by atoms with van der Waals surface area (Å²) in [6, 6.07) is 6.01. The lowest BCUT2D eigenvalue weighted by Gasteiger charge is -2.14. The molecule has 1 N–H and O–H groups in total. The van der Waals surface area contributed by atoms with Crippen molar-refractivity contribution in [3.05, 3.63) is 35.3 Å². The predicted molar refractivity (Wildman–Crippen MR) is 113 cm³/mol. The predicted octanol–water partition coefficient (Wildman–Crippen LogP) is 2.33. The largest absolute Gasteiger partial charge is 0.494 e. The average Bonchev–Trinajstić information content (AvgIpc) is 3.16. The lowest BCUT2D eigenvalue weighted by molar-refractivity contribution is -0.144. The van der Waals surface area contributed by atoms with Crippen LogP contribution in [0, 0.1) is 0 Å². The van der Waals surface area contributed by atoms with Crippen molar-refractivity contribution in [3.8, 4) is 5.75 Å². The summed E-state index contributed by atoms with van der Waals surface area (Å²) in [6.07, 6.45) is -0.123. The number of amides is 1. The fourth-order valence-corrected chi connectivity index (χ4v) is 4.41. The van der Waals surface area contributed by atoms with Crippen LogP contribution in [-0.4, -0.2) is 45.0 Å². The molecule has 1 aromatic heterocycles. The maximum Gasteiger partial charge on any atom is 0.307 e. The molecule has 1 amide bonds. The number of anilines is 1. The third-order valence-electron chi connectivity index (χ3n) is 3.91. The molecule has 30 heavy (non-hydrogen) atoms. The van der Waals surface area contributed by atoms with Crippen molar-refractivity contribution in [2.75, 3.05) is 24.6 Å². The second-order valence-corrected chi connectivity index (χ2v) is 8.70. The quantitative estimate of drug-likeness (QED) is 0.517. The number of hydrogen-bond acceptors (Lipinski definition) is 8. The minimum absolute atomic E-state index is 0.0452. The van der Waals surface area contributed by atoms with Gasteiger partial charge in [0.25, 0.3) is 0 Å². The van der Waals surface area contributed by atoms with Crippen LogP contribution in [0.1, 0.15) is 32.9 Å². The summed E-state index contributed by atoms with van der Waals surface area (Å²) in [7, 11) is -3.73. The van der Waals surface area contributed by atoms with E-state index in [0.29, 0.717) is 29.7 Å². The lowest BCUT2D eigenvalue weighted by Crippen LogP contribution is -2.27. The van der Waals surface area contributed by atoms with E-state index < -0.39 is 16.0 Å². The molecule has 0 saturated carbocycles. The number of sulfonamides is 1. The molecule has 0 bridgehead atoms. The van der Waals surface area contributed by atoms with Crippen LogP contribution >= 0.6 is 11.3 Å². The Morgan fingerprint density at radius 3 is 2.50 bits per heavy atom. The molecule has 0 saturated heterocycles. The highest BCUT2D eigenvalue weighted by molar-refractivity contribution is 7.89. The van der Waals surface area contributed by atoms with Gasteiger partial charge in [0.05, 0.1) is 23.6 Å². The number of esters is 1. The molecule has 0 aliphatic rings. The smallest absolute Gasteiger partial charge is 0.307 e. The van der Waals surface area contributed by atoms with Crippen LogP contribution in [-0.2, 0) is 31.0 Å². The number of rotatable bonds is 11. The zero-order valence-corrected chi connectivity index (χ0v) is 18.7. The van der Waals surface area contributed by atoms with Gasteiger partial charge in [-0.2, -0.15) is 0 Å². The first-order valence-corrected chi connectivity index (χ1v) is 11.7. The van der Waals surface area contributed by atoms with Crippen molar-refractivity contribution >= 4 is 38.4 Å². The van der Waals surface area contributed by atoms with Gasteiger partial charge >= 0.3 is 5.97 Å². The highest BCUT2D eigenvalue weighted by Crippen LogP contribution is 2.21. The number of carbonyl (C=O) groups is 2. The zero-order valence-electron chi connectivity index (χ0n) is 17.1. The Labute approximate surface area is 180 Å². The van der Waals surface area contributed by atoms with E-state index >= 15 is 0 Å². The van der Waals surface area contributed by atoms with E-state index in [1.165, 1.54) is 35.3 Å². The molecule has 0 aliphatic carbocycles. The number of thiazole rings is 1. The van der Waals surface area contributed by atoms with Crippen molar-refractivity contribution in [3.63, 3.8) is 0 Å². The number of benzene rings is 1. The van der Waals surface area contributed by atoms with Crippen molar-refractivity contribution in [2.24, 2.45) is 0 Å². The van der Waals surface area contributed by atoms with Crippen LogP contribution in [0.25, 0.3) is 0 Å². The topological polar surface area (TPSA) is 115 Å². The standard InChI is InChI=1S/C19H25N3O6S2/c1-4-22(14(3)23)19-21-15(13-29-19)12-28-18(24)10-11-20-30(25,26)17-8-6-16(7-9-17)27-5-2/h6-9,13,20H,4-5,10-12H2,1-3H3. The van der Waals surface area contributed by atoms with Gasteiger partial charge in [-0.15, -0.1) is 11.3 Å². The van der Waals surface area contributed by atoms with Crippen molar-refractivity contribution in [2.45, 2.75) is 38.7 Å². The summed E-state index contributed by atoms with van der Waals surface area (Å²) in [5, 5.41) is 2.25. The van der Waals surface area contributed by atoms with E-state index in [-0.39, 0.29) is 30.4 Å². The maximum absolute atomic E-state index is 12.3. The number of carbonyl (C=O) groups excluding carboxylic acids is 2. The molecule has 0 unspecified atom stereocenters. The number of hydrogen-bond donors (Lipinski definition) is 1. The van der Waals surface area contributed by atoms with Gasteiger partial charge in [-0.3, -0.25) is 14.5 Å². The van der Waals surface area contributed by atoms with Crippen molar-refractivity contribution < 1.29 is 27.5 Å². The maximum atomic E-state index is 12.3. The summed E-state index contributed by atoms with van der Waals surface area (Å²) >= 11 is 1.29. The minimum Gasteiger partial charge on any atom is -0.494 e. The molecule has 0 spiro atoms. The molecule has 0 fully saturated rings. The Balaban J connectivity index is 1.79. The van der Waals surface area contributed by atoms with Crippen molar-refractivity contribution in [1.82, 2.24) is 9.71 Å². The normalized spacial score (nSPS) is 11.2. The Hall–Kier alpha value is -2.50. The fourth-order valence-electron chi connectivity index (χ4n) is 2.46. The van der Waals surface area contributed by atoms with Gasteiger partial charge in [0.15, 0.2) is 5.13 Å². The molecule has 0 aliphatic heterocycles. The van der Waals surface area contributed by atoms with Gasteiger partial charge < -0.3 is 9.47 Å². The summed E-state index contributed by atoms with van der Waals surface area (Å²) in [5.74, 6) is -0.0938. The first kappa shape index (κ1) is 23.8. The molecular formula is C19H25N3O6S2. The third kappa shape index (κ3) is 6.78. The Kier molecular flexibility index (Phi) is 8.75. The van der Waals surface area contributed by atoms with Crippen LogP contribution in [0.3, 0.4) is 0 Å². The first-order chi connectivity index (χ1) is 14.3. The Bertz CT molecular complexity index is 957. The van der Waals surface area contributed by atoms with Gasteiger partial charge in [0, 0.05) is 25.4 Å². The van der Waals surface area contributed by atoms with Gasteiger partial charge in [-0.05, 0) is 38.1 Å². The molecule has 11 heteroatoms. The number of nitrogens with zero attached hydrogens (tertiary/aromatic N) is 2. The van der Waals surface area contributed by atoms with E-state index in [1.54, 1.807) is 17.5 Å². The summed E-state index contributed by atoms with van der Waals surface area (Å²) in [6.45, 7) is 5.99. The molecular weight excluding hydrogens is 430 g/mol. The van der Waals surface area contributed by atoms with E-state index in [1.807, 2.05) is 13.8 Å². The summed E-state index contributed by atoms with van der Waals surface area (Å²) in [4.78, 5) is 29.3. The van der Waals surface area contributed by atoms with E-state index in [2.05, 4.69) is 9.71 Å². The molecule has 0 radical (unpaired) electrons. The fraction of sp³-hybridized carbons (Fsp3) is 0.421. The van der Waals surface area contributed by atoms with Crippen LogP contribution in [0.5, 0.6) is 5.75 Å². The van der Waals surface area contributed by atoms with Gasteiger partial charge in [-0.25, -0.2) is 18.1 Å². The molecule has 2 rings (SSSR count). The molecule has 164 valence electrons. The second-order valence-electron chi connectivity index (χ2n) is 6.10. The number of aromatic nitrogens is 1. The lowest BCUT2D eigenvalue weighted by atomic mass is 10.3. The van der Waals surface area contributed by atoms with Crippen LogP contribution in [0.4, 0.5) is 5.13 Å². The average molecular weight is 456 g/mol. The highest BCUT2D eigenvalue weighted by Gasteiger charge is 2.16. The van der Waals surface area contributed by atoms with Gasteiger partial charge in [0.2, 0.25) is 15.9 Å². The van der Waals surface area contributed by atoms with Gasteiger partial charge in [0.1, 0.15) is 12.4 Å². The number of nitrogens with one attached hydrogen (secondary N) is 1. The minimum atomic E-state index is -3.73. The second kappa shape index (κ2) is 11.0. The monoisotopic (exact) mass is 455 g/mol. The van der Waals surface area contributed by atoms with E-state index in [4.69, 9.17) is 9.47 Å². The SMILES string of the molecule is CCOc1ccc(S(=O)(=O)NCCC(=O)OCc2csc(N(CC)C(C)=O)n2)cc1. The zero-order chi connectivity index (χ0) is 22.1. The summed E-state index contributed by atoms with van der Waals surface area (Å²) < 4.78 is 37.3. The van der Waals surface area contributed by atoms with Crippen LogP contribution in [0.15, 0.2) is 34.5 Å². The Morgan fingerprint density at radius 2 is 1.90 bits per heavy atom. The van der Waals surface area contributed by atoms with Crippen LogP contribution < -0.4 is 14.4 Å². The van der Waals surface area contributed by atoms with Crippen LogP contribution in [0.2, 0.25) is 0 Å². The van der Waals surface area contributed by atoms with E-state index in [0.717, 1.165) is 0 Å². The Morgan fingerprint density at radius 1 is 1.20 bits per heavy atom. The van der Waals surface area contributed by atoms with Gasteiger partial charge in [-0.1, -0.05) is 0 Å². The number of ether oxygens (including phenoxy) is 2. The highest BCUT2D eigenvalue weighted by atomic mass is 32.2. The molecule has 2 aromatic rings. The third-order valence-corrected chi connectivity index (χ3v) is 6.30. The summed E-state index contributed by atoms with van der Waals surface area (Å²) in [5.41, 5.74) is 0.526. The molecule has 0 atom stereocenters.